The molecule has 1 rings (SSSR count). The highest BCUT2D eigenvalue weighted by atomic mass is 16.4. The Kier molecular flexibility index (Phi) is 2.93. The quantitative estimate of drug-likeness (QED) is 0.532. The van der Waals surface area contributed by atoms with E-state index in [1.165, 1.54) is 0 Å². The van der Waals surface area contributed by atoms with Crippen molar-refractivity contribution in [3.63, 3.8) is 0 Å². The van der Waals surface area contributed by atoms with Gasteiger partial charge in [0.05, 0.1) is 0 Å². The highest BCUT2D eigenvalue weighted by Crippen LogP contribution is 2.44. The van der Waals surface area contributed by atoms with Crippen molar-refractivity contribution in [2.45, 2.75) is 32.6 Å². The molecule has 0 aromatic heterocycles. The smallest absolute Gasteiger partial charge is 0.371 e. The van der Waals surface area contributed by atoms with Gasteiger partial charge in [0.25, 0.3) is 0 Å². The summed E-state index contributed by atoms with van der Waals surface area (Å²) in [6.45, 7) is 1.91. The fraction of sp³-hybridized carbons (Fsp3) is 0.600. The predicted molar refractivity (Wildman–Crippen MR) is 49.9 cm³/mol. The molecule has 4 nitrogen and oxygen atoms in total. The van der Waals surface area contributed by atoms with Gasteiger partial charge in [0.2, 0.25) is 5.76 Å². The molecular formula is C10H14O4. The lowest BCUT2D eigenvalue weighted by atomic mass is 9.64. The number of aliphatic hydroxyl groups is 1. The summed E-state index contributed by atoms with van der Waals surface area (Å²) in [5.74, 6) is -2.58. The van der Waals surface area contributed by atoms with Crippen molar-refractivity contribution in [2.24, 2.45) is 5.41 Å². The van der Waals surface area contributed by atoms with Gasteiger partial charge in [-0.15, -0.1) is 0 Å². The molecule has 0 atom stereocenters. The lowest BCUT2D eigenvalue weighted by Gasteiger charge is -2.38. The highest BCUT2D eigenvalue weighted by Gasteiger charge is 2.41. The summed E-state index contributed by atoms with van der Waals surface area (Å²) in [6, 6.07) is 0. The molecule has 0 heterocycles. The van der Waals surface area contributed by atoms with E-state index in [2.05, 4.69) is 0 Å². The van der Waals surface area contributed by atoms with Crippen molar-refractivity contribution < 1.29 is 19.8 Å². The summed E-state index contributed by atoms with van der Waals surface area (Å²) in [5.41, 5.74) is -0.399. The Bertz CT molecular complexity index is 281. The Morgan fingerprint density at radius 2 is 1.93 bits per heavy atom. The first-order valence-electron chi connectivity index (χ1n) is 4.70. The Balaban J connectivity index is 2.75. The van der Waals surface area contributed by atoms with Gasteiger partial charge in [-0.25, -0.2) is 4.79 Å². The monoisotopic (exact) mass is 198 g/mol. The molecule has 78 valence electrons. The fourth-order valence-corrected chi connectivity index (χ4v) is 1.72. The number of allylic oxidation sites excluding steroid dienone is 1. The maximum Gasteiger partial charge on any atom is 0.371 e. The molecular weight excluding hydrogens is 184 g/mol. The number of ketones is 1. The van der Waals surface area contributed by atoms with Crippen LogP contribution in [-0.2, 0) is 9.59 Å². The summed E-state index contributed by atoms with van der Waals surface area (Å²) in [4.78, 5) is 21.9. The lowest BCUT2D eigenvalue weighted by Crippen LogP contribution is -2.36. The molecule has 1 aliphatic rings. The van der Waals surface area contributed by atoms with Gasteiger partial charge in [-0.3, -0.25) is 4.79 Å². The molecule has 0 radical (unpaired) electrons. The molecule has 1 saturated carbocycles. The van der Waals surface area contributed by atoms with Gasteiger partial charge in [0, 0.05) is 11.5 Å². The number of carboxylic acid groups (broad SMARTS) is 1. The average Bonchev–Trinajstić information content (AvgIpc) is 2.02. The number of aliphatic carboxylic acids is 1. The van der Waals surface area contributed by atoms with Crippen LogP contribution in [0, 0.1) is 5.41 Å². The Labute approximate surface area is 82.2 Å². The summed E-state index contributed by atoms with van der Waals surface area (Å²) in [5, 5.41) is 17.3. The van der Waals surface area contributed by atoms with Crippen molar-refractivity contribution in [1.29, 1.82) is 0 Å². The molecule has 0 unspecified atom stereocenters. The molecule has 4 heteroatoms. The second kappa shape index (κ2) is 3.82. The first-order chi connectivity index (χ1) is 6.52. The van der Waals surface area contributed by atoms with Crippen LogP contribution in [0.15, 0.2) is 11.8 Å². The third kappa shape index (κ3) is 1.78. The van der Waals surface area contributed by atoms with E-state index in [1.54, 1.807) is 0 Å². The second-order valence-electron chi connectivity index (χ2n) is 3.69. The van der Waals surface area contributed by atoms with Crippen LogP contribution in [0.4, 0.5) is 0 Å². The van der Waals surface area contributed by atoms with E-state index >= 15 is 0 Å². The zero-order valence-corrected chi connectivity index (χ0v) is 8.12. The SMILES string of the molecule is CCC1(C(=O)C=C(O)C(=O)O)CCC1. The lowest BCUT2D eigenvalue weighted by molar-refractivity contribution is -0.136. The third-order valence-electron chi connectivity index (χ3n) is 3.00. The standard InChI is InChI=1S/C10H14O4/c1-2-10(4-3-5-10)8(12)6-7(11)9(13)14/h6,11H,2-5H2,1H3,(H,13,14). The molecule has 0 bridgehead atoms. The van der Waals surface area contributed by atoms with Gasteiger partial charge in [0.1, 0.15) is 0 Å². The largest absolute Gasteiger partial charge is 0.502 e. The molecule has 2 N–H and O–H groups in total. The van der Waals surface area contributed by atoms with E-state index in [4.69, 9.17) is 10.2 Å². The summed E-state index contributed by atoms with van der Waals surface area (Å²) in [7, 11) is 0. The number of hydrogen-bond donors (Lipinski definition) is 2. The first kappa shape index (κ1) is 10.8. The number of rotatable bonds is 4. The predicted octanol–water partition coefficient (Wildman–Crippen LogP) is 1.66. The minimum absolute atomic E-state index is 0.258. The molecule has 0 amide bonds. The Morgan fingerprint density at radius 1 is 1.36 bits per heavy atom. The van der Waals surface area contributed by atoms with E-state index in [0.29, 0.717) is 6.42 Å². The minimum Gasteiger partial charge on any atom is -0.502 e. The second-order valence-corrected chi connectivity index (χ2v) is 3.69. The normalized spacial score (nSPS) is 19.9. The molecule has 0 saturated heterocycles. The zero-order valence-electron chi connectivity index (χ0n) is 8.12. The molecule has 14 heavy (non-hydrogen) atoms. The molecule has 0 spiro atoms. The molecule has 0 aromatic rings. The highest BCUT2D eigenvalue weighted by molar-refractivity contribution is 6.00. The Morgan fingerprint density at radius 3 is 2.21 bits per heavy atom. The van der Waals surface area contributed by atoms with Crippen LogP contribution >= 0.6 is 0 Å². The van der Waals surface area contributed by atoms with Gasteiger partial charge >= 0.3 is 5.97 Å². The van der Waals surface area contributed by atoms with Gasteiger partial charge in [-0.1, -0.05) is 13.3 Å². The molecule has 0 aromatic carbocycles. The van der Waals surface area contributed by atoms with Gasteiger partial charge in [0.15, 0.2) is 5.78 Å². The van der Waals surface area contributed by atoms with E-state index in [9.17, 15) is 9.59 Å². The maximum atomic E-state index is 11.6. The number of carbonyl (C=O) groups is 2. The van der Waals surface area contributed by atoms with Crippen molar-refractivity contribution in [2.75, 3.05) is 0 Å². The van der Waals surface area contributed by atoms with Crippen molar-refractivity contribution >= 4 is 11.8 Å². The van der Waals surface area contributed by atoms with Crippen LogP contribution in [0.3, 0.4) is 0 Å². The average molecular weight is 198 g/mol. The summed E-state index contributed by atoms with van der Waals surface area (Å²) >= 11 is 0. The van der Waals surface area contributed by atoms with Crippen LogP contribution < -0.4 is 0 Å². The van der Waals surface area contributed by atoms with Crippen molar-refractivity contribution in [1.82, 2.24) is 0 Å². The zero-order chi connectivity index (χ0) is 10.8. The van der Waals surface area contributed by atoms with Crippen LogP contribution in [0.25, 0.3) is 0 Å². The van der Waals surface area contributed by atoms with Crippen LogP contribution in [0.1, 0.15) is 32.6 Å². The molecule has 1 aliphatic carbocycles. The number of hydrogen-bond acceptors (Lipinski definition) is 3. The van der Waals surface area contributed by atoms with Crippen molar-refractivity contribution in [3.05, 3.63) is 11.8 Å². The molecule has 1 fully saturated rings. The minimum atomic E-state index is -1.45. The number of aliphatic hydroxyl groups excluding tert-OH is 1. The third-order valence-corrected chi connectivity index (χ3v) is 3.00. The van der Waals surface area contributed by atoms with Gasteiger partial charge < -0.3 is 10.2 Å². The first-order valence-corrected chi connectivity index (χ1v) is 4.70. The van der Waals surface area contributed by atoms with E-state index in [1.807, 2.05) is 6.92 Å². The van der Waals surface area contributed by atoms with Gasteiger partial charge in [-0.05, 0) is 19.3 Å². The van der Waals surface area contributed by atoms with Crippen LogP contribution in [0.2, 0.25) is 0 Å². The van der Waals surface area contributed by atoms with Crippen LogP contribution in [0.5, 0.6) is 0 Å². The number of carbonyl (C=O) groups excluding carboxylic acids is 1. The summed E-state index contributed by atoms with van der Waals surface area (Å²) < 4.78 is 0. The summed E-state index contributed by atoms with van der Waals surface area (Å²) in [6.07, 6.45) is 4.14. The van der Waals surface area contributed by atoms with E-state index in [0.717, 1.165) is 25.3 Å². The van der Waals surface area contributed by atoms with E-state index < -0.39 is 17.1 Å². The van der Waals surface area contributed by atoms with Crippen LogP contribution in [-0.4, -0.2) is 22.0 Å². The molecule has 0 aliphatic heterocycles. The van der Waals surface area contributed by atoms with Gasteiger partial charge in [-0.2, -0.15) is 0 Å². The topological polar surface area (TPSA) is 74.6 Å². The fourth-order valence-electron chi connectivity index (χ4n) is 1.72. The number of carboxylic acids is 1. The van der Waals surface area contributed by atoms with Crippen molar-refractivity contribution in [3.8, 4) is 0 Å². The maximum absolute atomic E-state index is 11.6. The Hall–Kier alpha value is -1.32. The van der Waals surface area contributed by atoms with E-state index in [-0.39, 0.29) is 5.78 Å².